The van der Waals surface area contributed by atoms with Gasteiger partial charge in [-0.15, -0.1) is 12.4 Å². The van der Waals surface area contributed by atoms with Gasteiger partial charge in [0.1, 0.15) is 0 Å². The summed E-state index contributed by atoms with van der Waals surface area (Å²) in [5, 5.41) is 3.08. The normalized spacial score (nSPS) is 18.7. The summed E-state index contributed by atoms with van der Waals surface area (Å²) in [7, 11) is 0. The van der Waals surface area contributed by atoms with E-state index in [1.54, 1.807) is 0 Å². The Bertz CT molecular complexity index is 545. The minimum atomic E-state index is -0.809. The second-order valence-electron chi connectivity index (χ2n) is 6.96. The predicted octanol–water partition coefficient (Wildman–Crippen LogP) is 2.42. The number of rotatable bonds is 7. The maximum atomic E-state index is 12.5. The highest BCUT2D eigenvalue weighted by atomic mass is 35.5. The van der Waals surface area contributed by atoms with Crippen molar-refractivity contribution in [2.75, 3.05) is 32.8 Å². The van der Waals surface area contributed by atoms with Crippen LogP contribution in [0.15, 0.2) is 24.3 Å². The molecular formula is C19H32ClN3O2. The van der Waals surface area contributed by atoms with E-state index in [0.29, 0.717) is 13.0 Å². The molecule has 142 valence electrons. The molecule has 0 bridgehead atoms. The van der Waals surface area contributed by atoms with Crippen molar-refractivity contribution in [3.05, 3.63) is 35.4 Å². The monoisotopic (exact) mass is 369 g/mol. The summed E-state index contributed by atoms with van der Waals surface area (Å²) >= 11 is 0. The number of carbonyl (C=O) groups excluding carboxylic acids is 1. The first-order valence-electron chi connectivity index (χ1n) is 8.89. The lowest BCUT2D eigenvalue weighted by Gasteiger charge is -2.35. The van der Waals surface area contributed by atoms with Gasteiger partial charge < -0.3 is 15.8 Å². The molecule has 1 amide bonds. The topological polar surface area (TPSA) is 67.6 Å². The standard InChI is InChI=1S/C19H31N3O2.ClH/c1-4-8-19(3,20)18(23)21-14-17(22-9-11-24-12-10-22)16-7-5-6-15(2)13-16;/h5-7,13,17H,4,8-12,14,20H2,1-3H3,(H,21,23);1H. The Balaban J connectivity index is 0.00000312. The minimum Gasteiger partial charge on any atom is -0.379 e. The summed E-state index contributed by atoms with van der Waals surface area (Å²) in [4.78, 5) is 14.8. The highest BCUT2D eigenvalue weighted by Gasteiger charge is 2.29. The lowest BCUT2D eigenvalue weighted by atomic mass is 9.96. The number of nitrogens with zero attached hydrogens (tertiary/aromatic N) is 1. The number of aryl methyl sites for hydroxylation is 1. The number of hydrogen-bond donors (Lipinski definition) is 2. The fraction of sp³-hybridized carbons (Fsp3) is 0.632. The second-order valence-corrected chi connectivity index (χ2v) is 6.96. The number of nitrogens with one attached hydrogen (secondary N) is 1. The van der Waals surface area contributed by atoms with E-state index in [4.69, 9.17) is 10.5 Å². The van der Waals surface area contributed by atoms with Gasteiger partial charge in [0.15, 0.2) is 0 Å². The van der Waals surface area contributed by atoms with E-state index in [1.165, 1.54) is 11.1 Å². The summed E-state index contributed by atoms with van der Waals surface area (Å²) in [6.45, 7) is 9.74. The highest BCUT2D eigenvalue weighted by Crippen LogP contribution is 2.22. The molecule has 3 N–H and O–H groups in total. The summed E-state index contributed by atoms with van der Waals surface area (Å²) in [6.07, 6.45) is 1.58. The van der Waals surface area contributed by atoms with Crippen LogP contribution in [-0.4, -0.2) is 49.2 Å². The third kappa shape index (κ3) is 6.26. The number of morpholine rings is 1. The zero-order valence-electron chi connectivity index (χ0n) is 15.6. The summed E-state index contributed by atoms with van der Waals surface area (Å²) < 4.78 is 5.47. The van der Waals surface area contributed by atoms with Crippen molar-refractivity contribution < 1.29 is 9.53 Å². The van der Waals surface area contributed by atoms with Gasteiger partial charge in [0.05, 0.1) is 24.8 Å². The van der Waals surface area contributed by atoms with Gasteiger partial charge in [-0.05, 0) is 25.8 Å². The Hall–Kier alpha value is -1.14. The maximum absolute atomic E-state index is 12.5. The average Bonchev–Trinajstić information content (AvgIpc) is 2.56. The lowest BCUT2D eigenvalue weighted by Crippen LogP contribution is -2.53. The number of ether oxygens (including phenoxy) is 1. The number of amides is 1. The van der Waals surface area contributed by atoms with Gasteiger partial charge in [-0.25, -0.2) is 0 Å². The van der Waals surface area contributed by atoms with Gasteiger partial charge >= 0.3 is 0 Å². The third-order valence-corrected chi connectivity index (χ3v) is 4.66. The van der Waals surface area contributed by atoms with E-state index < -0.39 is 5.54 Å². The van der Waals surface area contributed by atoms with Gasteiger partial charge in [-0.1, -0.05) is 43.2 Å². The van der Waals surface area contributed by atoms with Gasteiger partial charge in [-0.3, -0.25) is 9.69 Å². The molecular weight excluding hydrogens is 338 g/mol. The third-order valence-electron chi connectivity index (χ3n) is 4.66. The van der Waals surface area contributed by atoms with Crippen LogP contribution in [0.2, 0.25) is 0 Å². The van der Waals surface area contributed by atoms with Crippen LogP contribution in [0.3, 0.4) is 0 Å². The molecule has 6 heteroatoms. The molecule has 1 aromatic carbocycles. The van der Waals surface area contributed by atoms with E-state index in [9.17, 15) is 4.79 Å². The smallest absolute Gasteiger partial charge is 0.239 e. The van der Waals surface area contributed by atoms with Crippen molar-refractivity contribution in [2.45, 2.75) is 45.2 Å². The van der Waals surface area contributed by atoms with Crippen LogP contribution in [0.1, 0.15) is 43.9 Å². The predicted molar refractivity (Wildman–Crippen MR) is 104 cm³/mol. The van der Waals surface area contributed by atoms with Gasteiger partial charge in [0.2, 0.25) is 5.91 Å². The number of halogens is 1. The van der Waals surface area contributed by atoms with E-state index >= 15 is 0 Å². The molecule has 1 aliphatic rings. The Morgan fingerprint density at radius 3 is 2.68 bits per heavy atom. The van der Waals surface area contributed by atoms with Gasteiger partial charge in [0.25, 0.3) is 0 Å². The summed E-state index contributed by atoms with van der Waals surface area (Å²) in [5.74, 6) is -0.0738. The number of carbonyl (C=O) groups is 1. The quantitative estimate of drug-likeness (QED) is 0.774. The first-order valence-corrected chi connectivity index (χ1v) is 8.89. The van der Waals surface area contributed by atoms with E-state index in [0.717, 1.165) is 32.7 Å². The fourth-order valence-corrected chi connectivity index (χ4v) is 3.25. The van der Waals surface area contributed by atoms with E-state index in [2.05, 4.69) is 41.4 Å². The molecule has 0 aliphatic carbocycles. The highest BCUT2D eigenvalue weighted by molar-refractivity contribution is 5.85. The van der Waals surface area contributed by atoms with Crippen molar-refractivity contribution in [2.24, 2.45) is 5.73 Å². The van der Waals surface area contributed by atoms with Crippen LogP contribution in [0.5, 0.6) is 0 Å². The average molecular weight is 370 g/mol. The van der Waals surface area contributed by atoms with Crippen LogP contribution >= 0.6 is 12.4 Å². The van der Waals surface area contributed by atoms with Crippen molar-refractivity contribution in [1.29, 1.82) is 0 Å². The van der Waals surface area contributed by atoms with Gasteiger partial charge in [-0.2, -0.15) is 0 Å². The first kappa shape index (κ1) is 21.9. The molecule has 0 aromatic heterocycles. The summed E-state index contributed by atoms with van der Waals surface area (Å²) in [5.41, 5.74) is 7.80. The van der Waals surface area contributed by atoms with Crippen LogP contribution < -0.4 is 11.1 Å². The van der Waals surface area contributed by atoms with Crippen molar-refractivity contribution in [3.8, 4) is 0 Å². The molecule has 25 heavy (non-hydrogen) atoms. The van der Waals surface area contributed by atoms with Crippen molar-refractivity contribution in [1.82, 2.24) is 10.2 Å². The number of benzene rings is 1. The molecule has 2 unspecified atom stereocenters. The molecule has 0 radical (unpaired) electrons. The Morgan fingerprint density at radius 2 is 2.08 bits per heavy atom. The first-order chi connectivity index (χ1) is 11.4. The molecule has 0 saturated carbocycles. The minimum absolute atomic E-state index is 0. The maximum Gasteiger partial charge on any atom is 0.239 e. The Kier molecular flexibility index (Phi) is 8.86. The van der Waals surface area contributed by atoms with Gasteiger partial charge in [0, 0.05) is 19.6 Å². The molecule has 1 saturated heterocycles. The molecule has 5 nitrogen and oxygen atoms in total. The zero-order valence-corrected chi connectivity index (χ0v) is 16.4. The van der Waals surface area contributed by atoms with Crippen molar-refractivity contribution >= 4 is 18.3 Å². The van der Waals surface area contributed by atoms with Crippen LogP contribution in [-0.2, 0) is 9.53 Å². The SMILES string of the molecule is CCCC(C)(N)C(=O)NCC(c1cccc(C)c1)N1CCOCC1.Cl. The van der Waals surface area contributed by atoms with Crippen LogP contribution in [0.25, 0.3) is 0 Å². The molecule has 2 atom stereocenters. The van der Waals surface area contributed by atoms with Crippen LogP contribution in [0.4, 0.5) is 0 Å². The largest absolute Gasteiger partial charge is 0.379 e. The Labute approximate surface area is 157 Å². The van der Waals surface area contributed by atoms with Crippen LogP contribution in [0, 0.1) is 6.92 Å². The molecule has 1 heterocycles. The zero-order chi connectivity index (χ0) is 17.6. The lowest BCUT2D eigenvalue weighted by molar-refractivity contribution is -0.126. The second kappa shape index (κ2) is 10.1. The molecule has 1 aliphatic heterocycles. The molecule has 2 rings (SSSR count). The summed E-state index contributed by atoms with van der Waals surface area (Å²) in [6, 6.07) is 8.64. The number of hydrogen-bond acceptors (Lipinski definition) is 4. The molecule has 1 aromatic rings. The fourth-order valence-electron chi connectivity index (χ4n) is 3.25. The van der Waals surface area contributed by atoms with Crippen molar-refractivity contribution in [3.63, 3.8) is 0 Å². The molecule has 0 spiro atoms. The number of nitrogens with two attached hydrogens (primary N) is 1. The van der Waals surface area contributed by atoms with E-state index in [1.807, 2.05) is 13.8 Å². The molecule has 1 fully saturated rings. The van der Waals surface area contributed by atoms with E-state index in [-0.39, 0.29) is 24.4 Å². The Morgan fingerprint density at radius 1 is 1.40 bits per heavy atom.